The second-order valence-corrected chi connectivity index (χ2v) is 12.0. The number of aryl methyl sites for hydroxylation is 2. The van der Waals surface area contributed by atoms with E-state index in [1.807, 2.05) is 13.8 Å². The average molecular weight is 599 g/mol. The summed E-state index contributed by atoms with van der Waals surface area (Å²) in [7, 11) is 3.11. The largest absolute Gasteiger partial charge is 0.495 e. The molecular weight excluding hydrogens is 585 g/mol. The number of thiazole rings is 2. The van der Waals surface area contributed by atoms with Crippen LogP contribution in [0.2, 0.25) is 0 Å². The van der Waals surface area contributed by atoms with Crippen LogP contribution in [0.15, 0.2) is 22.1 Å². The molecular formula is C26H14N8O2S4. The second kappa shape index (κ2) is 10.8. The zero-order chi connectivity index (χ0) is 28.6. The van der Waals surface area contributed by atoms with Crippen molar-refractivity contribution in [2.45, 2.75) is 13.8 Å². The Balaban J connectivity index is 1.63. The Bertz CT molecular complexity index is 1830. The first kappa shape index (κ1) is 26.9. The summed E-state index contributed by atoms with van der Waals surface area (Å²) < 4.78 is 13.1. The van der Waals surface area contributed by atoms with E-state index in [1.54, 1.807) is 44.6 Å². The predicted molar refractivity (Wildman–Crippen MR) is 160 cm³/mol. The molecule has 0 saturated heterocycles. The van der Waals surface area contributed by atoms with Gasteiger partial charge in [-0.3, -0.25) is 0 Å². The van der Waals surface area contributed by atoms with Gasteiger partial charge in [0.1, 0.15) is 54.5 Å². The van der Waals surface area contributed by atoms with Gasteiger partial charge in [0.05, 0.1) is 34.7 Å². The fourth-order valence-electron chi connectivity index (χ4n) is 3.87. The Kier molecular flexibility index (Phi) is 7.27. The molecule has 0 aliphatic carbocycles. The van der Waals surface area contributed by atoms with Crippen molar-refractivity contribution in [1.29, 1.82) is 15.8 Å². The number of nitrogens with zero attached hydrogens (tertiary/aromatic N) is 8. The molecule has 0 amide bonds. The Hall–Kier alpha value is -4.70. The summed E-state index contributed by atoms with van der Waals surface area (Å²) in [6.45, 7) is 11.1. The fraction of sp³-hybridized carbons (Fsp3) is 0.154. The Labute approximate surface area is 243 Å². The Morgan fingerprint density at radius 1 is 0.800 bits per heavy atom. The van der Waals surface area contributed by atoms with Gasteiger partial charge in [0.15, 0.2) is 0 Å². The zero-order valence-corrected chi connectivity index (χ0v) is 24.4. The molecule has 10 nitrogen and oxygen atoms in total. The van der Waals surface area contributed by atoms with Crippen molar-refractivity contribution < 1.29 is 9.47 Å². The number of fused-ring (bicyclic) bond motifs is 2. The average Bonchev–Trinajstić information content (AvgIpc) is 3.76. The van der Waals surface area contributed by atoms with Crippen LogP contribution in [0.5, 0.6) is 11.5 Å². The van der Waals surface area contributed by atoms with E-state index in [1.165, 1.54) is 45.3 Å². The van der Waals surface area contributed by atoms with E-state index < -0.39 is 0 Å². The maximum Gasteiger partial charge on any atom is 0.350 e. The van der Waals surface area contributed by atoms with Crippen LogP contribution in [0.1, 0.15) is 11.1 Å². The number of hydrogen-bond donors (Lipinski definition) is 0. The van der Waals surface area contributed by atoms with E-state index in [2.05, 4.69) is 14.8 Å². The van der Waals surface area contributed by atoms with Crippen molar-refractivity contribution in [2.75, 3.05) is 14.2 Å². The van der Waals surface area contributed by atoms with Crippen LogP contribution < -0.4 is 9.47 Å². The number of aliphatic imine (C=N–C) groups is 2. The molecule has 0 saturated carbocycles. The first-order valence-electron chi connectivity index (χ1n) is 11.2. The van der Waals surface area contributed by atoms with E-state index in [4.69, 9.17) is 41.8 Å². The van der Waals surface area contributed by atoms with Crippen molar-refractivity contribution in [1.82, 2.24) is 9.97 Å². The minimum absolute atomic E-state index is 0.230. The molecule has 0 radical (unpaired) electrons. The van der Waals surface area contributed by atoms with Crippen LogP contribution in [0, 0.1) is 54.4 Å². The van der Waals surface area contributed by atoms with Crippen LogP contribution in [-0.2, 0) is 0 Å². The maximum absolute atomic E-state index is 9.07. The number of benzene rings is 1. The summed E-state index contributed by atoms with van der Waals surface area (Å²) in [4.78, 5) is 22.8. The monoisotopic (exact) mass is 598 g/mol. The van der Waals surface area contributed by atoms with Crippen LogP contribution >= 0.6 is 45.3 Å². The van der Waals surface area contributed by atoms with Gasteiger partial charge in [0.25, 0.3) is 0 Å². The third-order valence-electron chi connectivity index (χ3n) is 5.70. The predicted octanol–water partition coefficient (Wildman–Crippen LogP) is 7.59. The molecule has 14 heteroatoms. The number of amidine groups is 1. The van der Waals surface area contributed by atoms with E-state index >= 15 is 0 Å². The number of ether oxygens (including phenoxy) is 2. The summed E-state index contributed by atoms with van der Waals surface area (Å²) >= 11 is 5.64. The van der Waals surface area contributed by atoms with Gasteiger partial charge in [-0.05, 0) is 25.0 Å². The third kappa shape index (κ3) is 4.56. The molecule has 194 valence electrons. The third-order valence-corrected chi connectivity index (χ3v) is 10.4. The standard InChI is InChI=1S/C26H14N8O2S4/c1-11-19-21(39-25(33-19)23-14(35-4)6-17(37-23)31-13(8-27)9-28)12(2)20-22(11)40-26(34-20)24-15(36-5)7-18(38-24)32-16(10-29)30-3/h6-7H,1-2,4-5H3. The molecule has 0 fully saturated rings. The van der Waals surface area contributed by atoms with Gasteiger partial charge >= 0.3 is 5.84 Å². The quantitative estimate of drug-likeness (QED) is 0.111. The number of rotatable bonds is 6. The summed E-state index contributed by atoms with van der Waals surface area (Å²) in [6, 6.07) is 8.72. The minimum Gasteiger partial charge on any atom is -0.495 e. The number of nitriles is 3. The lowest BCUT2D eigenvalue weighted by molar-refractivity contribution is 0.418. The van der Waals surface area contributed by atoms with Crippen molar-refractivity contribution in [3.63, 3.8) is 0 Å². The van der Waals surface area contributed by atoms with E-state index in [9.17, 15) is 0 Å². The summed E-state index contributed by atoms with van der Waals surface area (Å²) in [6.07, 6.45) is 0. The molecule has 0 aliphatic heterocycles. The first-order chi connectivity index (χ1) is 19.3. The fourth-order valence-corrected chi connectivity index (χ4v) is 8.27. The minimum atomic E-state index is -0.245. The van der Waals surface area contributed by atoms with Gasteiger partial charge in [0, 0.05) is 12.1 Å². The zero-order valence-electron chi connectivity index (χ0n) is 21.2. The van der Waals surface area contributed by atoms with Crippen LogP contribution in [0.3, 0.4) is 0 Å². The van der Waals surface area contributed by atoms with Gasteiger partial charge in [-0.25, -0.2) is 20.2 Å². The van der Waals surface area contributed by atoms with Crippen LogP contribution in [-0.4, -0.2) is 35.7 Å². The lowest BCUT2D eigenvalue weighted by Crippen LogP contribution is -1.84. The van der Waals surface area contributed by atoms with Gasteiger partial charge in [-0.2, -0.15) is 10.5 Å². The van der Waals surface area contributed by atoms with Crippen LogP contribution in [0.4, 0.5) is 10.0 Å². The molecule has 0 unspecified atom stereocenters. The highest BCUT2D eigenvalue weighted by molar-refractivity contribution is 7.28. The molecule has 5 aromatic rings. The van der Waals surface area contributed by atoms with Crippen LogP contribution in [0.25, 0.3) is 45.0 Å². The number of thiophene rings is 2. The number of hydrogen-bond acceptors (Lipinski definition) is 13. The highest BCUT2D eigenvalue weighted by atomic mass is 32.1. The molecule has 4 aromatic heterocycles. The van der Waals surface area contributed by atoms with Gasteiger partial charge in [-0.1, -0.05) is 22.9 Å². The van der Waals surface area contributed by atoms with Gasteiger partial charge in [-0.15, -0.1) is 34.0 Å². The Morgan fingerprint density at radius 3 is 1.68 bits per heavy atom. The molecule has 40 heavy (non-hydrogen) atoms. The SMILES string of the molecule is [C-]#[N+]C(C#N)=Nc1cc(OC)c(-c2nc3c(C)c4sc(-c5sc(N=C(C#N)C#N)cc5OC)nc4c(C)c3s2)s1. The van der Waals surface area contributed by atoms with E-state index in [0.29, 0.717) is 21.5 Å². The van der Waals surface area contributed by atoms with Crippen molar-refractivity contribution in [3.8, 4) is 49.5 Å². The highest BCUT2D eigenvalue weighted by Gasteiger charge is 2.24. The molecule has 1 aromatic carbocycles. The lowest BCUT2D eigenvalue weighted by Gasteiger charge is -2.00. The molecule has 0 spiro atoms. The maximum atomic E-state index is 9.07. The normalized spacial score (nSPS) is 11.1. The molecule has 0 atom stereocenters. The second-order valence-electron chi connectivity index (χ2n) is 7.95. The molecule has 4 heterocycles. The molecule has 0 bridgehead atoms. The van der Waals surface area contributed by atoms with Crippen molar-refractivity contribution in [2.24, 2.45) is 9.98 Å². The lowest BCUT2D eigenvalue weighted by atomic mass is 10.1. The highest BCUT2D eigenvalue weighted by Crippen LogP contribution is 2.49. The number of aromatic nitrogens is 2. The molecule has 0 aliphatic rings. The summed E-state index contributed by atoms with van der Waals surface area (Å²) in [5.41, 5.74) is 3.46. The van der Waals surface area contributed by atoms with E-state index in [-0.39, 0.29) is 11.5 Å². The summed E-state index contributed by atoms with van der Waals surface area (Å²) in [5, 5.41) is 29.7. The van der Waals surface area contributed by atoms with Crippen molar-refractivity contribution >= 4 is 87.3 Å². The summed E-state index contributed by atoms with van der Waals surface area (Å²) in [5.74, 6) is 0.892. The van der Waals surface area contributed by atoms with E-state index in [0.717, 1.165) is 51.3 Å². The molecule has 0 N–H and O–H groups in total. The van der Waals surface area contributed by atoms with Gasteiger partial charge in [0.2, 0.25) is 10.7 Å². The first-order valence-corrected chi connectivity index (χ1v) is 14.4. The number of methoxy groups -OCH3 is 2. The molecule has 5 rings (SSSR count). The van der Waals surface area contributed by atoms with Crippen molar-refractivity contribution in [3.05, 3.63) is 34.7 Å². The Morgan fingerprint density at radius 2 is 1.27 bits per heavy atom. The topological polar surface area (TPSA) is 145 Å². The smallest absolute Gasteiger partial charge is 0.350 e. The van der Waals surface area contributed by atoms with Gasteiger partial charge < -0.3 is 14.3 Å².